The number of hydrogen-bond donors (Lipinski definition) is 0. The van der Waals surface area contributed by atoms with Gasteiger partial charge in [-0.15, -0.1) is 0 Å². The van der Waals surface area contributed by atoms with Crippen molar-refractivity contribution < 1.29 is 18.6 Å². The van der Waals surface area contributed by atoms with E-state index in [9.17, 15) is 0 Å². The molecule has 0 amide bonds. The minimum atomic E-state index is -0.600. The van der Waals surface area contributed by atoms with Gasteiger partial charge < -0.3 is 18.6 Å². The van der Waals surface area contributed by atoms with Gasteiger partial charge in [-0.05, 0) is 187 Å². The van der Waals surface area contributed by atoms with Gasteiger partial charge in [0.05, 0.1) is 55.5 Å². The lowest BCUT2D eigenvalue weighted by molar-refractivity contribution is 0.00578. The zero-order valence-corrected chi connectivity index (χ0v) is 76.4. The standard InChI is InChI=1S/C53H43N7.C41H53B2N3O4.C12H7BrN2/c1-52(2,3)39-17-11-34(12-18-39)49-58-50(35-13-19-40(20-14-35)53(4,5)6)60-51(59-49)38-30-36(41-23-27-56-47-43(41)21-15-32-9-7-25-54-45(32)47)29-37(31-38)42-24-28-57-48-44(42)22-16-33-10-8-26-55-46(33)48;1-36(2,3)29-19-15-26(16-20-29)33-44-34(27-17-21-30(22-18-27)37(4,5)6)46-35(45-33)28-23-31(42-47-38(7,8)39(9,10)48-42)25-32(24-28)43-49-40(11,12)41(13,14)50-43;13-10-5-7-15-12-9(10)4-3-8-2-1-6-14-11(8)12/h7-31H,1-6H3;15-25H,1-14H3;1-7H. The van der Waals surface area contributed by atoms with Gasteiger partial charge in [-0.25, -0.2) is 29.9 Å². The van der Waals surface area contributed by atoms with Gasteiger partial charge in [0.25, 0.3) is 0 Å². The summed E-state index contributed by atoms with van der Waals surface area (Å²) in [6.07, 6.45) is 11.0. The van der Waals surface area contributed by atoms with E-state index in [1.165, 1.54) is 22.3 Å². The van der Waals surface area contributed by atoms with Gasteiger partial charge in [-0.2, -0.15) is 0 Å². The Morgan fingerprint density at radius 1 is 0.248 bits per heavy atom. The van der Waals surface area contributed by atoms with Crippen LogP contribution in [0.3, 0.4) is 0 Å². The van der Waals surface area contributed by atoms with Crippen LogP contribution >= 0.6 is 15.9 Å². The Balaban J connectivity index is 0.000000153. The third kappa shape index (κ3) is 17.3. The molecule has 0 atom stereocenters. The van der Waals surface area contributed by atoms with Crippen molar-refractivity contribution in [2.45, 2.75) is 183 Å². The molecule has 0 spiro atoms. The first-order valence-corrected chi connectivity index (χ1v) is 43.6. The molecule has 0 radical (unpaired) electrons. The van der Waals surface area contributed by atoms with Crippen molar-refractivity contribution in [3.8, 4) is 90.6 Å². The van der Waals surface area contributed by atoms with E-state index in [0.29, 0.717) is 34.9 Å². The maximum atomic E-state index is 6.55. The number of benzene rings is 9. The molecule has 19 heteroatoms. The molecule has 0 aliphatic carbocycles. The van der Waals surface area contributed by atoms with Crippen LogP contribution in [0.5, 0.6) is 0 Å². The number of hydrogen-bond acceptors (Lipinski definition) is 16. The molecule has 624 valence electrons. The third-order valence-corrected chi connectivity index (χ3v) is 25.5. The first kappa shape index (κ1) is 85.1. The lowest BCUT2D eigenvalue weighted by Gasteiger charge is -2.32. The largest absolute Gasteiger partial charge is 0.494 e. The molecule has 19 rings (SSSR count). The highest BCUT2D eigenvalue weighted by Crippen LogP contribution is 2.44. The van der Waals surface area contributed by atoms with E-state index in [2.05, 4.69) is 358 Å². The van der Waals surface area contributed by atoms with Crippen LogP contribution in [0, 0.1) is 0 Å². The minimum absolute atomic E-state index is 0.0125. The van der Waals surface area contributed by atoms with Crippen molar-refractivity contribution in [2.75, 3.05) is 0 Å². The lowest BCUT2D eigenvalue weighted by Crippen LogP contribution is -2.41. The molecule has 2 saturated heterocycles. The van der Waals surface area contributed by atoms with Crippen molar-refractivity contribution >= 4 is 107 Å². The lowest BCUT2D eigenvalue weighted by atomic mass is 9.71. The average molecular weight is 1710 g/mol. The first-order chi connectivity index (χ1) is 59.3. The van der Waals surface area contributed by atoms with Gasteiger partial charge in [0.1, 0.15) is 0 Å². The second-order valence-corrected chi connectivity index (χ2v) is 39.8. The van der Waals surface area contributed by atoms with Gasteiger partial charge in [-0.1, -0.05) is 269 Å². The molecular weight excluding hydrogens is 1610 g/mol. The van der Waals surface area contributed by atoms with Gasteiger partial charge in [0.2, 0.25) is 0 Å². The molecule has 0 N–H and O–H groups in total. The fourth-order valence-corrected chi connectivity index (χ4v) is 16.3. The fourth-order valence-electron chi connectivity index (χ4n) is 15.8. The van der Waals surface area contributed by atoms with Crippen molar-refractivity contribution in [3.63, 3.8) is 0 Å². The summed E-state index contributed by atoms with van der Waals surface area (Å²) in [6.45, 7) is 43.1. The predicted octanol–water partition coefficient (Wildman–Crippen LogP) is 24.6. The van der Waals surface area contributed by atoms with Crippen LogP contribution in [0.1, 0.15) is 161 Å². The molecule has 16 nitrogen and oxygen atoms in total. The van der Waals surface area contributed by atoms with Crippen LogP contribution in [0.4, 0.5) is 0 Å². The van der Waals surface area contributed by atoms with Gasteiger partial charge in [0, 0.05) is 107 Å². The van der Waals surface area contributed by atoms with Crippen LogP contribution in [-0.4, -0.2) is 96.4 Å². The monoisotopic (exact) mass is 1710 g/mol. The molecule has 10 heterocycles. The van der Waals surface area contributed by atoms with Gasteiger partial charge in [-0.3, -0.25) is 29.9 Å². The summed E-state index contributed by atoms with van der Waals surface area (Å²) < 4.78 is 27.2. The molecule has 0 unspecified atom stereocenters. The Morgan fingerprint density at radius 3 is 0.808 bits per heavy atom. The number of fused-ring (bicyclic) bond motifs is 9. The van der Waals surface area contributed by atoms with Crippen LogP contribution in [0.25, 0.3) is 156 Å². The normalized spacial score (nSPS) is 15.0. The van der Waals surface area contributed by atoms with E-state index in [1.54, 1.807) is 12.4 Å². The number of rotatable bonds is 10. The SMILES string of the molecule is Brc1ccnc2c1ccc1cccnc12.CC(C)(C)c1ccc(-c2nc(-c3ccc(C(C)(C)C)cc3)nc(-c3cc(-c4ccnc5c4ccc4cccnc45)cc(-c4ccnc5c4ccc4cccnc45)c3)n2)cc1.CC(C)(C)c1ccc(-c2nc(-c3ccc(C(C)(C)C)cc3)nc(-c3cc(B4OC(C)(C)C(C)(C)O4)cc(B4OC(C)(C)C(C)(C)O4)c3)n2)cc1. The summed E-state index contributed by atoms with van der Waals surface area (Å²) >= 11 is 3.51. The van der Waals surface area contributed by atoms with Crippen molar-refractivity contribution in [2.24, 2.45) is 0 Å². The number of halogens is 1. The zero-order valence-electron chi connectivity index (χ0n) is 74.9. The van der Waals surface area contributed by atoms with Crippen LogP contribution < -0.4 is 10.9 Å². The Hall–Kier alpha value is -12.1. The quantitative estimate of drug-likeness (QED) is 0.0927. The number of aromatic nitrogens is 12. The van der Waals surface area contributed by atoms with Crippen molar-refractivity contribution in [1.82, 2.24) is 59.8 Å². The highest BCUT2D eigenvalue weighted by atomic mass is 79.9. The summed E-state index contributed by atoms with van der Waals surface area (Å²) in [5.74, 6) is 3.55. The smallest absolute Gasteiger partial charge is 0.399 e. The number of pyridine rings is 6. The van der Waals surface area contributed by atoms with Crippen LogP contribution in [-0.2, 0) is 40.3 Å². The van der Waals surface area contributed by atoms with E-state index in [1.807, 2.05) is 55.1 Å². The fraction of sp³-hybridized carbons (Fsp3) is 0.264. The Labute approximate surface area is 741 Å². The van der Waals surface area contributed by atoms with Crippen LogP contribution in [0.2, 0.25) is 0 Å². The van der Waals surface area contributed by atoms with Gasteiger partial charge in [0.15, 0.2) is 34.9 Å². The molecule has 2 aliphatic rings. The van der Waals surface area contributed by atoms with Crippen LogP contribution in [0.15, 0.2) is 266 Å². The number of nitrogens with zero attached hydrogens (tertiary/aromatic N) is 12. The summed E-state index contributed by atoms with van der Waals surface area (Å²) in [5, 5.41) is 6.33. The highest BCUT2D eigenvalue weighted by molar-refractivity contribution is 9.10. The minimum Gasteiger partial charge on any atom is -0.399 e. The zero-order chi connectivity index (χ0) is 88.1. The van der Waals surface area contributed by atoms with Gasteiger partial charge >= 0.3 is 14.2 Å². The van der Waals surface area contributed by atoms with Crippen molar-refractivity contribution in [3.05, 3.63) is 288 Å². The molecule has 0 saturated carbocycles. The Bertz CT molecular complexity index is 6630. The maximum absolute atomic E-state index is 6.55. The molecule has 17 aromatic rings. The second kappa shape index (κ2) is 32.5. The van der Waals surface area contributed by atoms with E-state index < -0.39 is 36.6 Å². The van der Waals surface area contributed by atoms with Crippen molar-refractivity contribution in [1.29, 1.82) is 0 Å². The molecule has 2 fully saturated rings. The summed E-state index contributed by atoms with van der Waals surface area (Å²) in [4.78, 5) is 58.8. The molecule has 8 aromatic heterocycles. The molecule has 9 aromatic carbocycles. The van der Waals surface area contributed by atoms with E-state index >= 15 is 0 Å². The Kier molecular flexibility index (Phi) is 22.1. The predicted molar refractivity (Wildman–Crippen MR) is 515 cm³/mol. The summed E-state index contributed by atoms with van der Waals surface area (Å²) in [7, 11) is -1.20. The molecule has 0 bridgehead atoms. The summed E-state index contributed by atoms with van der Waals surface area (Å²) in [5.41, 5.74) is 19.5. The van der Waals surface area contributed by atoms with E-state index in [0.717, 1.165) is 136 Å². The highest BCUT2D eigenvalue weighted by Gasteiger charge is 2.54. The average Bonchev–Trinajstić information content (AvgIpc) is 1.66. The first-order valence-electron chi connectivity index (χ1n) is 42.8. The summed E-state index contributed by atoms with van der Waals surface area (Å²) in [6, 6.07) is 77.9. The third-order valence-electron chi connectivity index (χ3n) is 24.8. The molecule has 2 aliphatic heterocycles. The topological polar surface area (TPSA) is 192 Å². The second-order valence-electron chi connectivity index (χ2n) is 38.9. The maximum Gasteiger partial charge on any atom is 0.494 e. The molecular formula is C106H103B2BrN12O4. The van der Waals surface area contributed by atoms with E-state index in [-0.39, 0.29) is 21.7 Å². The Morgan fingerprint density at radius 2 is 0.504 bits per heavy atom. The van der Waals surface area contributed by atoms with E-state index in [4.69, 9.17) is 68.5 Å². The molecule has 125 heavy (non-hydrogen) atoms.